The van der Waals surface area contributed by atoms with Gasteiger partial charge in [-0.2, -0.15) is 4.99 Å². The van der Waals surface area contributed by atoms with Crippen LogP contribution >= 0.6 is 11.3 Å². The molecule has 0 aliphatic heterocycles. The topological polar surface area (TPSA) is 116 Å². The van der Waals surface area contributed by atoms with Crippen LogP contribution in [-0.2, 0) is 32.5 Å². The van der Waals surface area contributed by atoms with Gasteiger partial charge in [-0.15, -0.1) is 0 Å². The highest BCUT2D eigenvalue weighted by atomic mass is 32.2. The van der Waals surface area contributed by atoms with E-state index in [1.54, 1.807) is 16.7 Å². The van der Waals surface area contributed by atoms with E-state index in [9.17, 15) is 18.0 Å². The molecule has 4 rings (SSSR count). The maximum Gasteiger partial charge on any atom is 0.325 e. The quantitative estimate of drug-likeness (QED) is 0.339. The van der Waals surface area contributed by atoms with Gasteiger partial charge in [-0.05, 0) is 72.6 Å². The van der Waals surface area contributed by atoms with Gasteiger partial charge in [0.15, 0.2) is 4.80 Å². The molecule has 0 radical (unpaired) electrons. The van der Waals surface area contributed by atoms with Gasteiger partial charge in [0, 0.05) is 11.3 Å². The third kappa shape index (κ3) is 5.89. The van der Waals surface area contributed by atoms with Crippen LogP contribution in [0, 0.1) is 0 Å². The number of sulfonamides is 1. The number of aryl methyl sites for hydroxylation is 1. The van der Waals surface area contributed by atoms with E-state index in [4.69, 9.17) is 9.47 Å². The van der Waals surface area contributed by atoms with Crippen LogP contribution in [0.2, 0.25) is 0 Å². The van der Waals surface area contributed by atoms with E-state index < -0.39 is 21.9 Å². The molecule has 192 valence electrons. The van der Waals surface area contributed by atoms with E-state index in [1.165, 1.54) is 62.0 Å². The summed E-state index contributed by atoms with van der Waals surface area (Å²) in [6, 6.07) is 17.8. The van der Waals surface area contributed by atoms with Gasteiger partial charge in [-0.1, -0.05) is 24.3 Å². The lowest BCUT2D eigenvalue weighted by Gasteiger charge is -2.09. The van der Waals surface area contributed by atoms with E-state index in [1.807, 2.05) is 25.1 Å². The van der Waals surface area contributed by atoms with Crippen LogP contribution in [0.1, 0.15) is 22.8 Å². The van der Waals surface area contributed by atoms with E-state index >= 15 is 0 Å². The number of methoxy groups -OCH3 is 2. The lowest BCUT2D eigenvalue weighted by molar-refractivity contribution is -0.141. The van der Waals surface area contributed by atoms with Gasteiger partial charge < -0.3 is 14.0 Å². The van der Waals surface area contributed by atoms with Crippen LogP contribution in [0.25, 0.3) is 10.2 Å². The van der Waals surface area contributed by atoms with Crippen molar-refractivity contribution in [2.45, 2.75) is 24.8 Å². The van der Waals surface area contributed by atoms with Crippen molar-refractivity contribution in [2.75, 3.05) is 18.9 Å². The highest BCUT2D eigenvalue weighted by Crippen LogP contribution is 2.21. The maximum atomic E-state index is 13.0. The van der Waals surface area contributed by atoms with Gasteiger partial charge in [0.05, 0.1) is 29.3 Å². The summed E-state index contributed by atoms with van der Waals surface area (Å²) in [5.41, 5.74) is 2.47. The van der Waals surface area contributed by atoms with Gasteiger partial charge in [-0.25, -0.2) is 8.42 Å². The average Bonchev–Trinajstić information content (AvgIpc) is 3.24. The number of rotatable bonds is 8. The van der Waals surface area contributed by atoms with Gasteiger partial charge in [0.2, 0.25) is 0 Å². The molecule has 11 heteroatoms. The number of amides is 1. The second-order valence-corrected chi connectivity index (χ2v) is 10.7. The molecule has 0 atom stereocenters. The molecule has 0 aliphatic rings. The summed E-state index contributed by atoms with van der Waals surface area (Å²) < 4.78 is 40.2. The second-order valence-electron chi connectivity index (χ2n) is 7.98. The van der Waals surface area contributed by atoms with Crippen LogP contribution in [0.15, 0.2) is 76.6 Å². The normalized spacial score (nSPS) is 11.9. The predicted molar refractivity (Wildman–Crippen MR) is 141 cm³/mol. The summed E-state index contributed by atoms with van der Waals surface area (Å²) in [5.74, 6) is -0.435. The monoisotopic (exact) mass is 539 g/mol. The third-order valence-electron chi connectivity index (χ3n) is 5.62. The standard InChI is InChI=1S/C26H25N3O6S2/c1-4-17-5-14-22-23(15-17)36-26(29(22)16-24(30)35-3)27-25(31)18-6-8-19(9-7-18)28-37(32,33)21-12-10-20(34-2)11-13-21/h5-15,28H,4,16H2,1-3H3. The number of thiazole rings is 1. The van der Waals surface area contributed by atoms with Crippen molar-refractivity contribution in [3.05, 3.63) is 82.7 Å². The van der Waals surface area contributed by atoms with Crippen LogP contribution in [0.3, 0.4) is 0 Å². The Kier molecular flexibility index (Phi) is 7.74. The molecule has 0 saturated carbocycles. The number of anilines is 1. The summed E-state index contributed by atoms with van der Waals surface area (Å²) in [5, 5.41) is 0. The van der Waals surface area contributed by atoms with Gasteiger partial charge >= 0.3 is 5.97 Å². The number of esters is 1. The zero-order chi connectivity index (χ0) is 26.6. The van der Waals surface area contributed by atoms with Crippen LogP contribution in [-0.4, -0.2) is 39.1 Å². The van der Waals surface area contributed by atoms with Gasteiger partial charge in [0.25, 0.3) is 15.9 Å². The number of hydrogen-bond donors (Lipinski definition) is 1. The lowest BCUT2D eigenvalue weighted by atomic mass is 10.2. The smallest absolute Gasteiger partial charge is 0.325 e. The molecular weight excluding hydrogens is 514 g/mol. The molecule has 3 aromatic carbocycles. The fourth-order valence-electron chi connectivity index (χ4n) is 3.57. The second kappa shape index (κ2) is 11.0. The van der Waals surface area contributed by atoms with Crippen LogP contribution in [0.4, 0.5) is 5.69 Å². The molecule has 37 heavy (non-hydrogen) atoms. The molecular formula is C26H25N3O6S2. The van der Waals surface area contributed by atoms with Crippen LogP contribution in [0.5, 0.6) is 5.75 Å². The van der Waals surface area contributed by atoms with Crippen LogP contribution < -0.4 is 14.3 Å². The summed E-state index contributed by atoms with van der Waals surface area (Å²) >= 11 is 1.31. The molecule has 1 amide bonds. The molecule has 1 N–H and O–H groups in total. The maximum absolute atomic E-state index is 13.0. The number of benzene rings is 3. The van der Waals surface area contributed by atoms with Crippen molar-refractivity contribution in [2.24, 2.45) is 4.99 Å². The van der Waals surface area contributed by atoms with Crippen molar-refractivity contribution >= 4 is 49.1 Å². The van der Waals surface area contributed by atoms with Crippen molar-refractivity contribution in [1.29, 1.82) is 0 Å². The Morgan fingerprint density at radius 2 is 1.70 bits per heavy atom. The first-order valence-corrected chi connectivity index (χ1v) is 13.6. The summed E-state index contributed by atoms with van der Waals surface area (Å²) in [7, 11) is -1.02. The van der Waals surface area contributed by atoms with Gasteiger partial charge in [-0.3, -0.25) is 14.3 Å². The molecule has 9 nitrogen and oxygen atoms in total. The average molecular weight is 540 g/mol. The number of carbonyl (C=O) groups excluding carboxylic acids is 2. The Bertz CT molecular complexity index is 1620. The first kappa shape index (κ1) is 26.1. The van der Waals surface area contributed by atoms with Crippen molar-refractivity contribution < 1.29 is 27.5 Å². The zero-order valence-electron chi connectivity index (χ0n) is 20.4. The molecule has 0 fully saturated rings. The molecule has 0 saturated heterocycles. The van der Waals surface area contributed by atoms with Crippen molar-refractivity contribution in [1.82, 2.24) is 4.57 Å². The van der Waals surface area contributed by atoms with E-state index in [-0.39, 0.29) is 17.0 Å². The third-order valence-corrected chi connectivity index (χ3v) is 8.06. The summed E-state index contributed by atoms with van der Waals surface area (Å²) in [6.45, 7) is 1.97. The lowest BCUT2D eigenvalue weighted by Crippen LogP contribution is -2.22. The Morgan fingerprint density at radius 3 is 2.32 bits per heavy atom. The van der Waals surface area contributed by atoms with Gasteiger partial charge in [0.1, 0.15) is 12.3 Å². The Morgan fingerprint density at radius 1 is 1.00 bits per heavy atom. The minimum atomic E-state index is -3.82. The number of hydrogen-bond acceptors (Lipinski definition) is 7. The zero-order valence-corrected chi connectivity index (χ0v) is 22.1. The molecule has 0 aliphatic carbocycles. The van der Waals surface area contributed by atoms with E-state index in [0.717, 1.165) is 22.2 Å². The van der Waals surface area contributed by atoms with Crippen molar-refractivity contribution in [3.63, 3.8) is 0 Å². The Hall–Kier alpha value is -3.96. The number of fused-ring (bicyclic) bond motifs is 1. The Labute approximate surface area is 218 Å². The van der Waals surface area contributed by atoms with E-state index in [2.05, 4.69) is 9.71 Å². The fraction of sp³-hybridized carbons (Fsp3) is 0.192. The first-order chi connectivity index (χ1) is 17.7. The molecule has 0 bridgehead atoms. The molecule has 0 unspecified atom stereocenters. The highest BCUT2D eigenvalue weighted by Gasteiger charge is 2.16. The number of nitrogens with one attached hydrogen (secondary N) is 1. The number of aromatic nitrogens is 1. The highest BCUT2D eigenvalue weighted by molar-refractivity contribution is 7.92. The predicted octanol–water partition coefficient (Wildman–Crippen LogP) is 3.99. The number of carbonyl (C=O) groups is 2. The van der Waals surface area contributed by atoms with Crippen molar-refractivity contribution in [3.8, 4) is 5.75 Å². The number of nitrogens with zero attached hydrogens (tertiary/aromatic N) is 2. The molecule has 4 aromatic rings. The Balaban J connectivity index is 1.61. The van der Waals surface area contributed by atoms with E-state index in [0.29, 0.717) is 16.2 Å². The minimum absolute atomic E-state index is 0.0783. The first-order valence-electron chi connectivity index (χ1n) is 11.3. The fourth-order valence-corrected chi connectivity index (χ4v) is 5.72. The largest absolute Gasteiger partial charge is 0.497 e. The summed E-state index contributed by atoms with van der Waals surface area (Å²) in [6.07, 6.45) is 0.852. The molecule has 1 aromatic heterocycles. The minimum Gasteiger partial charge on any atom is -0.497 e. The summed E-state index contributed by atoms with van der Waals surface area (Å²) in [4.78, 5) is 29.7. The molecule has 1 heterocycles. The SMILES string of the molecule is CCc1ccc2c(c1)sc(=NC(=O)c1ccc(NS(=O)(=O)c3ccc(OC)cc3)cc1)n2CC(=O)OC. The molecule has 0 spiro atoms. The number of ether oxygens (including phenoxy) is 2.